The van der Waals surface area contributed by atoms with E-state index in [1.54, 1.807) is 7.11 Å². The van der Waals surface area contributed by atoms with E-state index in [0.29, 0.717) is 13.2 Å². The fourth-order valence-electron chi connectivity index (χ4n) is 2.65. The first-order valence-corrected chi connectivity index (χ1v) is 7.87. The van der Waals surface area contributed by atoms with Gasteiger partial charge in [0.2, 0.25) is 5.91 Å². The van der Waals surface area contributed by atoms with E-state index in [0.717, 1.165) is 32.1 Å². The van der Waals surface area contributed by atoms with Crippen molar-refractivity contribution in [2.45, 2.75) is 39.2 Å². The topological polar surface area (TPSA) is 53.6 Å². The average molecular weight is 285 g/mol. The summed E-state index contributed by atoms with van der Waals surface area (Å²) < 4.78 is 5.02. The molecule has 0 spiro atoms. The molecule has 0 saturated carbocycles. The van der Waals surface area contributed by atoms with Gasteiger partial charge < -0.3 is 15.4 Å². The Morgan fingerprint density at radius 3 is 2.70 bits per heavy atom. The lowest BCUT2D eigenvalue weighted by atomic mass is 9.97. The number of ether oxygens (including phenoxy) is 1. The maximum Gasteiger partial charge on any atom is 0.234 e. The van der Waals surface area contributed by atoms with Crippen molar-refractivity contribution in [3.8, 4) is 0 Å². The van der Waals surface area contributed by atoms with Crippen molar-refractivity contribution < 1.29 is 9.53 Å². The molecule has 2 N–H and O–H groups in total. The molecule has 1 aliphatic heterocycles. The summed E-state index contributed by atoms with van der Waals surface area (Å²) in [6, 6.07) is 0.0864. The highest BCUT2D eigenvalue weighted by molar-refractivity contribution is 5.78. The van der Waals surface area contributed by atoms with Gasteiger partial charge in [-0.15, -0.1) is 0 Å². The molecule has 0 aromatic heterocycles. The predicted octanol–water partition coefficient (Wildman–Crippen LogP) is 0.849. The minimum Gasteiger partial charge on any atom is -0.383 e. The Morgan fingerprint density at radius 2 is 2.10 bits per heavy atom. The van der Waals surface area contributed by atoms with E-state index in [2.05, 4.69) is 22.5 Å². The molecule has 118 valence electrons. The molecule has 0 aliphatic carbocycles. The van der Waals surface area contributed by atoms with Gasteiger partial charge in [-0.25, -0.2) is 0 Å². The summed E-state index contributed by atoms with van der Waals surface area (Å²) in [4.78, 5) is 14.1. The fraction of sp³-hybridized carbons (Fsp3) is 0.933. The molecule has 1 saturated heterocycles. The third-order valence-electron chi connectivity index (χ3n) is 3.76. The Labute approximate surface area is 123 Å². The number of carbonyl (C=O) groups excluding carboxylic acids is 1. The highest BCUT2D eigenvalue weighted by Crippen LogP contribution is 2.15. The summed E-state index contributed by atoms with van der Waals surface area (Å²) in [5.41, 5.74) is 0. The van der Waals surface area contributed by atoms with Gasteiger partial charge >= 0.3 is 0 Å². The summed E-state index contributed by atoms with van der Waals surface area (Å²) in [5, 5.41) is 6.45. The van der Waals surface area contributed by atoms with Crippen LogP contribution in [0.25, 0.3) is 0 Å². The number of nitrogens with one attached hydrogen (secondary N) is 2. The van der Waals surface area contributed by atoms with Gasteiger partial charge in [-0.2, -0.15) is 0 Å². The SMILES string of the molecule is CCCNCC1CCN(CC(=O)NC(C)COC)CC1. The van der Waals surface area contributed by atoms with Crippen LogP contribution in [0.5, 0.6) is 0 Å². The summed E-state index contributed by atoms with van der Waals surface area (Å²) in [5.74, 6) is 0.880. The Hall–Kier alpha value is -0.650. The lowest BCUT2D eigenvalue weighted by Crippen LogP contribution is -2.45. The molecule has 0 radical (unpaired) electrons. The average Bonchev–Trinajstić information content (AvgIpc) is 2.41. The van der Waals surface area contributed by atoms with Gasteiger partial charge in [-0.3, -0.25) is 9.69 Å². The summed E-state index contributed by atoms with van der Waals surface area (Å²) in [6.45, 7) is 9.54. The number of hydrogen-bond acceptors (Lipinski definition) is 4. The number of rotatable bonds is 9. The minimum atomic E-state index is 0.0864. The van der Waals surface area contributed by atoms with Crippen molar-refractivity contribution in [2.75, 3.05) is 46.4 Å². The maximum atomic E-state index is 11.9. The molecule has 1 fully saturated rings. The number of carbonyl (C=O) groups is 1. The lowest BCUT2D eigenvalue weighted by Gasteiger charge is -2.31. The van der Waals surface area contributed by atoms with Crippen LogP contribution in [-0.4, -0.2) is 63.3 Å². The Kier molecular flexibility index (Phi) is 8.82. The van der Waals surface area contributed by atoms with Crippen LogP contribution in [0, 0.1) is 5.92 Å². The van der Waals surface area contributed by atoms with Gasteiger partial charge in [-0.1, -0.05) is 6.92 Å². The molecular weight excluding hydrogens is 254 g/mol. The van der Waals surface area contributed by atoms with Gasteiger partial charge in [0.15, 0.2) is 0 Å². The normalized spacial score (nSPS) is 18.9. The molecule has 0 aromatic carbocycles. The second-order valence-electron chi connectivity index (χ2n) is 5.85. The quantitative estimate of drug-likeness (QED) is 0.617. The van der Waals surface area contributed by atoms with Gasteiger partial charge in [-0.05, 0) is 58.3 Å². The lowest BCUT2D eigenvalue weighted by molar-refractivity contribution is -0.123. The van der Waals surface area contributed by atoms with Gasteiger partial charge in [0.25, 0.3) is 0 Å². The van der Waals surface area contributed by atoms with Crippen molar-refractivity contribution in [1.82, 2.24) is 15.5 Å². The van der Waals surface area contributed by atoms with Gasteiger partial charge in [0.1, 0.15) is 0 Å². The van der Waals surface area contributed by atoms with Crippen LogP contribution in [0.2, 0.25) is 0 Å². The van der Waals surface area contributed by atoms with E-state index in [1.807, 2.05) is 6.92 Å². The van der Waals surface area contributed by atoms with Crippen LogP contribution in [0.15, 0.2) is 0 Å². The molecule has 0 bridgehead atoms. The van der Waals surface area contributed by atoms with E-state index < -0.39 is 0 Å². The Balaban J connectivity index is 2.13. The molecule has 1 aliphatic rings. The molecule has 1 atom stereocenters. The van der Waals surface area contributed by atoms with Crippen LogP contribution in [0.1, 0.15) is 33.1 Å². The van der Waals surface area contributed by atoms with E-state index in [1.165, 1.54) is 19.3 Å². The smallest absolute Gasteiger partial charge is 0.234 e. The standard InChI is InChI=1S/C15H31N3O2/c1-4-7-16-10-14-5-8-18(9-6-14)11-15(19)17-13(2)12-20-3/h13-14,16H,4-12H2,1-3H3,(H,17,19). The maximum absolute atomic E-state index is 11.9. The molecule has 5 nitrogen and oxygen atoms in total. The van der Waals surface area contributed by atoms with Crippen LogP contribution in [-0.2, 0) is 9.53 Å². The van der Waals surface area contributed by atoms with Crippen molar-refractivity contribution >= 4 is 5.91 Å². The van der Waals surface area contributed by atoms with Crippen LogP contribution in [0.4, 0.5) is 0 Å². The number of nitrogens with zero attached hydrogens (tertiary/aromatic N) is 1. The third-order valence-corrected chi connectivity index (χ3v) is 3.76. The second kappa shape index (κ2) is 10.1. The van der Waals surface area contributed by atoms with Crippen LogP contribution in [0.3, 0.4) is 0 Å². The molecule has 0 aromatic rings. The first-order chi connectivity index (χ1) is 9.65. The van der Waals surface area contributed by atoms with Crippen molar-refractivity contribution in [1.29, 1.82) is 0 Å². The predicted molar refractivity (Wildman–Crippen MR) is 81.8 cm³/mol. The Morgan fingerprint density at radius 1 is 1.40 bits per heavy atom. The number of amides is 1. The van der Waals surface area contributed by atoms with Gasteiger partial charge in [0, 0.05) is 13.2 Å². The highest BCUT2D eigenvalue weighted by atomic mass is 16.5. The van der Waals surface area contributed by atoms with Crippen molar-refractivity contribution in [2.24, 2.45) is 5.92 Å². The first-order valence-electron chi connectivity index (χ1n) is 7.87. The monoisotopic (exact) mass is 285 g/mol. The van der Waals surface area contributed by atoms with Crippen molar-refractivity contribution in [3.05, 3.63) is 0 Å². The Bertz CT molecular complexity index is 266. The summed E-state index contributed by atoms with van der Waals surface area (Å²) in [7, 11) is 1.65. The van der Waals surface area contributed by atoms with E-state index in [4.69, 9.17) is 4.74 Å². The van der Waals surface area contributed by atoms with E-state index in [9.17, 15) is 4.79 Å². The fourth-order valence-corrected chi connectivity index (χ4v) is 2.65. The van der Waals surface area contributed by atoms with E-state index >= 15 is 0 Å². The molecule has 1 rings (SSSR count). The molecule has 1 amide bonds. The molecule has 20 heavy (non-hydrogen) atoms. The number of piperidine rings is 1. The third kappa shape index (κ3) is 7.22. The highest BCUT2D eigenvalue weighted by Gasteiger charge is 2.20. The van der Waals surface area contributed by atoms with E-state index in [-0.39, 0.29) is 11.9 Å². The van der Waals surface area contributed by atoms with Crippen molar-refractivity contribution in [3.63, 3.8) is 0 Å². The van der Waals surface area contributed by atoms with Crippen LogP contribution >= 0.6 is 0 Å². The minimum absolute atomic E-state index is 0.0864. The zero-order valence-electron chi connectivity index (χ0n) is 13.3. The van der Waals surface area contributed by atoms with Gasteiger partial charge in [0.05, 0.1) is 13.2 Å². The first kappa shape index (κ1) is 17.4. The molecular formula is C15H31N3O2. The van der Waals surface area contributed by atoms with Crippen LogP contribution < -0.4 is 10.6 Å². The molecule has 1 unspecified atom stereocenters. The largest absolute Gasteiger partial charge is 0.383 e. The number of methoxy groups -OCH3 is 1. The number of hydrogen-bond donors (Lipinski definition) is 2. The molecule has 5 heteroatoms. The zero-order chi connectivity index (χ0) is 14.8. The summed E-state index contributed by atoms with van der Waals surface area (Å²) in [6.07, 6.45) is 3.58. The second-order valence-corrected chi connectivity index (χ2v) is 5.85. The molecule has 1 heterocycles. The number of likely N-dealkylation sites (tertiary alicyclic amines) is 1. The summed E-state index contributed by atoms with van der Waals surface area (Å²) >= 11 is 0. The zero-order valence-corrected chi connectivity index (χ0v) is 13.3.